The Hall–Kier alpha value is -0.620. The first-order chi connectivity index (χ1) is 6.81. The largest absolute Gasteiger partial charge is 0.383 e. The maximum absolute atomic E-state index is 5.03. The van der Waals surface area contributed by atoms with Gasteiger partial charge in [0.2, 0.25) is 0 Å². The van der Waals surface area contributed by atoms with Gasteiger partial charge in [0.25, 0.3) is 0 Å². The summed E-state index contributed by atoms with van der Waals surface area (Å²) in [6.45, 7) is 1.50. The summed E-state index contributed by atoms with van der Waals surface area (Å²) in [5, 5.41) is 5.49. The molecule has 14 heavy (non-hydrogen) atoms. The quantitative estimate of drug-likeness (QED) is 0.813. The molecule has 0 aliphatic carbocycles. The average Bonchev–Trinajstić information content (AvgIpc) is 2.57. The van der Waals surface area contributed by atoms with E-state index >= 15 is 0 Å². The predicted molar refractivity (Wildman–Crippen MR) is 64.3 cm³/mol. The zero-order chi connectivity index (χ0) is 9.97. The molecule has 2 aromatic rings. The van der Waals surface area contributed by atoms with Crippen molar-refractivity contribution in [3.05, 3.63) is 28.0 Å². The Kier molecular flexibility index (Phi) is 3.02. The van der Waals surface area contributed by atoms with Gasteiger partial charge >= 0.3 is 0 Å². The van der Waals surface area contributed by atoms with Gasteiger partial charge in [0, 0.05) is 16.1 Å². The highest BCUT2D eigenvalue weighted by atomic mass is 127. The monoisotopic (exact) mass is 302 g/mol. The molecule has 0 spiro atoms. The molecule has 0 saturated heterocycles. The molecule has 0 saturated carbocycles. The van der Waals surface area contributed by atoms with Crippen molar-refractivity contribution in [2.45, 2.75) is 6.54 Å². The number of benzene rings is 1. The third kappa shape index (κ3) is 1.90. The molecule has 0 amide bonds. The highest BCUT2D eigenvalue weighted by Gasteiger charge is 2.01. The second-order valence-corrected chi connectivity index (χ2v) is 4.31. The van der Waals surface area contributed by atoms with Crippen LogP contribution in [-0.2, 0) is 11.3 Å². The summed E-state index contributed by atoms with van der Waals surface area (Å²) in [5.41, 5.74) is 1.17. The van der Waals surface area contributed by atoms with E-state index in [0.29, 0.717) is 6.61 Å². The third-order valence-electron chi connectivity index (χ3n) is 2.11. The van der Waals surface area contributed by atoms with Crippen LogP contribution in [0.3, 0.4) is 0 Å². The van der Waals surface area contributed by atoms with E-state index in [1.54, 1.807) is 7.11 Å². The Labute approximate surface area is 96.2 Å². The molecule has 3 nitrogen and oxygen atoms in total. The molecule has 2 rings (SSSR count). The Morgan fingerprint density at radius 2 is 2.36 bits per heavy atom. The first kappa shape index (κ1) is 9.92. The molecule has 0 unspecified atom stereocenters. The fourth-order valence-corrected chi connectivity index (χ4v) is 1.87. The first-order valence-electron chi connectivity index (χ1n) is 4.41. The van der Waals surface area contributed by atoms with Crippen LogP contribution in [0.1, 0.15) is 0 Å². The minimum absolute atomic E-state index is 0.697. The highest BCUT2D eigenvalue weighted by Crippen LogP contribution is 2.16. The second-order valence-electron chi connectivity index (χ2n) is 3.06. The molecular formula is C10H11IN2O. The van der Waals surface area contributed by atoms with Crippen LogP contribution in [0.25, 0.3) is 10.9 Å². The Morgan fingerprint density at radius 3 is 3.14 bits per heavy atom. The third-order valence-corrected chi connectivity index (χ3v) is 2.78. The summed E-state index contributed by atoms with van der Waals surface area (Å²) in [6, 6.07) is 6.32. The molecule has 0 bridgehead atoms. The lowest BCUT2D eigenvalue weighted by Crippen LogP contribution is -2.05. The lowest BCUT2D eigenvalue weighted by molar-refractivity contribution is 0.185. The molecule has 0 radical (unpaired) electrons. The molecule has 0 fully saturated rings. The summed E-state index contributed by atoms with van der Waals surface area (Å²) in [5.74, 6) is 0. The summed E-state index contributed by atoms with van der Waals surface area (Å²) in [4.78, 5) is 0. The van der Waals surface area contributed by atoms with E-state index in [0.717, 1.165) is 6.54 Å². The van der Waals surface area contributed by atoms with E-state index < -0.39 is 0 Å². The Balaban J connectivity index is 2.40. The van der Waals surface area contributed by atoms with E-state index in [1.165, 1.54) is 14.5 Å². The number of halogens is 1. The number of rotatable bonds is 3. The topological polar surface area (TPSA) is 27.1 Å². The van der Waals surface area contributed by atoms with Gasteiger partial charge in [0.1, 0.15) is 0 Å². The number of methoxy groups -OCH3 is 1. The van der Waals surface area contributed by atoms with Crippen LogP contribution in [0, 0.1) is 3.57 Å². The zero-order valence-corrected chi connectivity index (χ0v) is 10.1. The maximum atomic E-state index is 5.03. The van der Waals surface area contributed by atoms with Gasteiger partial charge in [-0.1, -0.05) is 6.07 Å². The lowest BCUT2D eigenvalue weighted by atomic mass is 10.3. The summed E-state index contributed by atoms with van der Waals surface area (Å²) in [7, 11) is 1.70. The molecule has 0 aliphatic rings. The van der Waals surface area contributed by atoms with Crippen molar-refractivity contribution in [3.8, 4) is 0 Å². The van der Waals surface area contributed by atoms with Crippen molar-refractivity contribution in [2.75, 3.05) is 13.7 Å². The van der Waals surface area contributed by atoms with Gasteiger partial charge in [-0.25, -0.2) is 0 Å². The van der Waals surface area contributed by atoms with Crippen molar-refractivity contribution in [1.82, 2.24) is 9.78 Å². The molecule has 1 heterocycles. The van der Waals surface area contributed by atoms with E-state index in [9.17, 15) is 0 Å². The SMILES string of the molecule is COCCn1ncc2ccc(I)cc21. The first-order valence-corrected chi connectivity index (χ1v) is 5.49. The smallest absolute Gasteiger partial charge is 0.0693 e. The van der Waals surface area contributed by atoms with Crippen molar-refractivity contribution in [1.29, 1.82) is 0 Å². The second kappa shape index (κ2) is 4.27. The highest BCUT2D eigenvalue weighted by molar-refractivity contribution is 14.1. The van der Waals surface area contributed by atoms with Crippen LogP contribution < -0.4 is 0 Å². The van der Waals surface area contributed by atoms with Crippen molar-refractivity contribution >= 4 is 33.5 Å². The van der Waals surface area contributed by atoms with Crippen LogP contribution in [0.4, 0.5) is 0 Å². The minimum Gasteiger partial charge on any atom is -0.383 e. The zero-order valence-electron chi connectivity index (χ0n) is 7.90. The van der Waals surface area contributed by atoms with E-state index in [2.05, 4.69) is 45.9 Å². The number of fused-ring (bicyclic) bond motifs is 1. The molecule has 0 atom stereocenters. The van der Waals surface area contributed by atoms with Gasteiger partial charge in [-0.15, -0.1) is 0 Å². The van der Waals surface area contributed by atoms with E-state index in [-0.39, 0.29) is 0 Å². The summed E-state index contributed by atoms with van der Waals surface area (Å²) >= 11 is 2.31. The molecule has 0 aliphatic heterocycles. The molecule has 74 valence electrons. The average molecular weight is 302 g/mol. The number of hydrogen-bond acceptors (Lipinski definition) is 2. The normalized spacial score (nSPS) is 11.0. The number of aromatic nitrogens is 2. The molecule has 4 heteroatoms. The van der Waals surface area contributed by atoms with Crippen LogP contribution in [0.2, 0.25) is 0 Å². The van der Waals surface area contributed by atoms with Gasteiger partial charge in [-0.05, 0) is 34.7 Å². The minimum atomic E-state index is 0.697. The van der Waals surface area contributed by atoms with Crippen LogP contribution in [0.15, 0.2) is 24.4 Å². The standard InChI is InChI=1S/C10H11IN2O/c1-14-5-4-13-10-6-9(11)3-2-8(10)7-12-13/h2-3,6-7H,4-5H2,1H3. The van der Waals surface area contributed by atoms with Crippen molar-refractivity contribution in [3.63, 3.8) is 0 Å². The van der Waals surface area contributed by atoms with Crippen molar-refractivity contribution in [2.24, 2.45) is 0 Å². The van der Waals surface area contributed by atoms with Crippen LogP contribution in [-0.4, -0.2) is 23.5 Å². The van der Waals surface area contributed by atoms with Gasteiger partial charge in [-0.2, -0.15) is 5.10 Å². The van der Waals surface area contributed by atoms with E-state index in [1.807, 2.05) is 10.9 Å². The molecule has 1 aromatic heterocycles. The summed E-state index contributed by atoms with van der Waals surface area (Å²) in [6.07, 6.45) is 1.89. The molecular weight excluding hydrogens is 291 g/mol. The van der Waals surface area contributed by atoms with Crippen LogP contribution >= 0.6 is 22.6 Å². The van der Waals surface area contributed by atoms with E-state index in [4.69, 9.17) is 4.74 Å². The maximum Gasteiger partial charge on any atom is 0.0693 e. The number of hydrogen-bond donors (Lipinski definition) is 0. The number of ether oxygens (including phenoxy) is 1. The fourth-order valence-electron chi connectivity index (χ4n) is 1.40. The Bertz CT molecular complexity index is 439. The van der Waals surface area contributed by atoms with Crippen LogP contribution in [0.5, 0.6) is 0 Å². The lowest BCUT2D eigenvalue weighted by Gasteiger charge is -2.02. The predicted octanol–water partition coefficient (Wildman–Crippen LogP) is 2.29. The van der Waals surface area contributed by atoms with Gasteiger partial charge in [0.15, 0.2) is 0 Å². The number of nitrogens with zero attached hydrogens (tertiary/aromatic N) is 2. The van der Waals surface area contributed by atoms with Gasteiger partial charge < -0.3 is 4.74 Å². The molecule has 1 aromatic carbocycles. The molecule has 0 N–H and O–H groups in total. The van der Waals surface area contributed by atoms with Gasteiger partial charge in [-0.3, -0.25) is 4.68 Å². The van der Waals surface area contributed by atoms with Gasteiger partial charge in [0.05, 0.1) is 24.9 Å². The summed E-state index contributed by atoms with van der Waals surface area (Å²) < 4.78 is 8.24. The fraction of sp³-hybridized carbons (Fsp3) is 0.300. The Morgan fingerprint density at radius 1 is 1.50 bits per heavy atom. The van der Waals surface area contributed by atoms with Crippen molar-refractivity contribution < 1.29 is 4.74 Å².